The first-order valence-electron chi connectivity index (χ1n) is 5.65. The molecule has 0 radical (unpaired) electrons. The number of hydrogen-bond donors (Lipinski definition) is 2. The molecule has 2 aromatic rings. The molecule has 100 valence electrons. The highest BCUT2D eigenvalue weighted by Crippen LogP contribution is 2.32. The lowest BCUT2D eigenvalue weighted by Crippen LogP contribution is -2.01. The van der Waals surface area contributed by atoms with Crippen LogP contribution in [0.4, 0.5) is 5.69 Å². The molecule has 2 rings (SSSR count). The number of nitrogens with one attached hydrogen (secondary N) is 1. The second kappa shape index (κ2) is 6.42. The fourth-order valence-corrected chi connectivity index (χ4v) is 2.85. The predicted molar refractivity (Wildman–Crippen MR) is 83.7 cm³/mol. The summed E-state index contributed by atoms with van der Waals surface area (Å²) in [6.07, 6.45) is 2.02. The summed E-state index contributed by atoms with van der Waals surface area (Å²) in [5.41, 5.74) is 1.69. The molecular formula is C14H13Cl2NOS. The molecule has 0 spiro atoms. The van der Waals surface area contributed by atoms with Crippen molar-refractivity contribution < 1.29 is 5.11 Å². The van der Waals surface area contributed by atoms with Crippen LogP contribution < -0.4 is 5.32 Å². The Morgan fingerprint density at radius 3 is 2.68 bits per heavy atom. The fourth-order valence-electron chi connectivity index (χ4n) is 1.74. The van der Waals surface area contributed by atoms with E-state index in [1.807, 2.05) is 30.5 Å². The molecule has 0 heterocycles. The fraction of sp³-hybridized carbons (Fsp3) is 0.143. The van der Waals surface area contributed by atoms with Crippen LogP contribution in [0.25, 0.3) is 0 Å². The van der Waals surface area contributed by atoms with Crippen molar-refractivity contribution in [3.8, 4) is 5.75 Å². The Bertz CT molecular complexity index is 590. The van der Waals surface area contributed by atoms with E-state index in [-0.39, 0.29) is 10.8 Å². The zero-order valence-electron chi connectivity index (χ0n) is 10.3. The quantitative estimate of drug-likeness (QED) is 0.776. The third-order valence-electron chi connectivity index (χ3n) is 2.68. The zero-order chi connectivity index (χ0) is 13.8. The van der Waals surface area contributed by atoms with Crippen LogP contribution in [0.15, 0.2) is 41.3 Å². The van der Waals surface area contributed by atoms with Gasteiger partial charge in [-0.15, -0.1) is 11.8 Å². The lowest BCUT2D eigenvalue weighted by atomic mass is 10.2. The first-order chi connectivity index (χ1) is 9.11. The largest absolute Gasteiger partial charge is 0.506 e. The van der Waals surface area contributed by atoms with E-state index in [0.29, 0.717) is 17.1 Å². The minimum Gasteiger partial charge on any atom is -0.506 e. The zero-order valence-corrected chi connectivity index (χ0v) is 12.6. The van der Waals surface area contributed by atoms with Crippen LogP contribution in [-0.4, -0.2) is 11.4 Å². The van der Waals surface area contributed by atoms with E-state index in [1.165, 1.54) is 6.07 Å². The van der Waals surface area contributed by atoms with Gasteiger partial charge in [-0.25, -0.2) is 0 Å². The third kappa shape index (κ3) is 3.50. The summed E-state index contributed by atoms with van der Waals surface area (Å²) in [4.78, 5) is 1.15. The van der Waals surface area contributed by atoms with Gasteiger partial charge in [-0.3, -0.25) is 0 Å². The van der Waals surface area contributed by atoms with E-state index in [1.54, 1.807) is 17.8 Å². The lowest BCUT2D eigenvalue weighted by molar-refractivity contribution is 0.469. The molecule has 0 bridgehead atoms. The van der Waals surface area contributed by atoms with Crippen molar-refractivity contribution in [2.24, 2.45) is 0 Å². The van der Waals surface area contributed by atoms with E-state index in [2.05, 4.69) is 5.32 Å². The van der Waals surface area contributed by atoms with Gasteiger partial charge in [-0.2, -0.15) is 0 Å². The Kier molecular flexibility index (Phi) is 4.86. The molecule has 0 amide bonds. The Morgan fingerprint density at radius 1 is 1.21 bits per heavy atom. The number of thioether (sulfide) groups is 1. The standard InChI is InChI=1S/C14H13Cl2NOS/c1-19-13-5-3-2-4-12(13)17-8-9-6-10(15)7-11(16)14(9)18/h2-7,17-18H,8H2,1H3. The third-order valence-corrected chi connectivity index (χ3v) is 3.99. The highest BCUT2D eigenvalue weighted by atomic mass is 35.5. The van der Waals surface area contributed by atoms with Gasteiger partial charge in [-0.1, -0.05) is 35.3 Å². The summed E-state index contributed by atoms with van der Waals surface area (Å²) in [6, 6.07) is 11.2. The number of phenols is 1. The summed E-state index contributed by atoms with van der Waals surface area (Å²) in [5.74, 6) is 0.0696. The molecule has 2 N–H and O–H groups in total. The number of halogens is 2. The molecule has 0 aliphatic carbocycles. The maximum absolute atomic E-state index is 9.89. The maximum Gasteiger partial charge on any atom is 0.139 e. The number of rotatable bonds is 4. The molecule has 0 aliphatic heterocycles. The van der Waals surface area contributed by atoms with Gasteiger partial charge in [0, 0.05) is 27.7 Å². The molecular weight excluding hydrogens is 301 g/mol. The van der Waals surface area contributed by atoms with E-state index in [0.717, 1.165) is 10.6 Å². The van der Waals surface area contributed by atoms with Crippen molar-refractivity contribution in [2.75, 3.05) is 11.6 Å². The minimum absolute atomic E-state index is 0.0696. The van der Waals surface area contributed by atoms with Gasteiger partial charge in [0.25, 0.3) is 0 Å². The van der Waals surface area contributed by atoms with Crippen molar-refractivity contribution in [1.82, 2.24) is 0 Å². The van der Waals surface area contributed by atoms with Crippen LogP contribution in [0, 0.1) is 0 Å². The van der Waals surface area contributed by atoms with Gasteiger partial charge in [-0.05, 0) is 30.5 Å². The molecule has 2 aromatic carbocycles. The average molecular weight is 314 g/mol. The SMILES string of the molecule is CSc1ccccc1NCc1cc(Cl)cc(Cl)c1O. The molecule has 0 aromatic heterocycles. The van der Waals surface area contributed by atoms with Gasteiger partial charge >= 0.3 is 0 Å². The molecule has 19 heavy (non-hydrogen) atoms. The van der Waals surface area contributed by atoms with Crippen LogP contribution in [-0.2, 0) is 6.54 Å². The molecule has 0 fully saturated rings. The highest BCUT2D eigenvalue weighted by Gasteiger charge is 2.08. The van der Waals surface area contributed by atoms with Gasteiger partial charge in [0.2, 0.25) is 0 Å². The minimum atomic E-state index is 0.0696. The van der Waals surface area contributed by atoms with Crippen LogP contribution in [0.5, 0.6) is 5.75 Å². The van der Waals surface area contributed by atoms with Gasteiger partial charge < -0.3 is 10.4 Å². The van der Waals surface area contributed by atoms with Gasteiger partial charge in [0.05, 0.1) is 5.02 Å². The number of hydrogen-bond acceptors (Lipinski definition) is 3. The van der Waals surface area contributed by atoms with Crippen LogP contribution in [0.3, 0.4) is 0 Å². The molecule has 0 atom stereocenters. The first kappa shape index (κ1) is 14.4. The molecule has 0 unspecified atom stereocenters. The summed E-state index contributed by atoms with van der Waals surface area (Å²) in [6.45, 7) is 0.462. The Balaban J connectivity index is 2.19. The van der Waals surface area contributed by atoms with Crippen molar-refractivity contribution in [3.05, 3.63) is 52.0 Å². The van der Waals surface area contributed by atoms with Gasteiger partial charge in [0.15, 0.2) is 0 Å². The predicted octanol–water partition coefficient (Wildman–Crippen LogP) is 5.03. The smallest absolute Gasteiger partial charge is 0.139 e. The monoisotopic (exact) mass is 313 g/mol. The number of para-hydroxylation sites is 1. The number of benzene rings is 2. The summed E-state index contributed by atoms with van der Waals surface area (Å²) in [5, 5.41) is 13.9. The number of aromatic hydroxyl groups is 1. The van der Waals surface area contributed by atoms with E-state index >= 15 is 0 Å². The lowest BCUT2D eigenvalue weighted by Gasteiger charge is -2.12. The van der Waals surface area contributed by atoms with Gasteiger partial charge in [0.1, 0.15) is 5.75 Å². The Labute approximate surface area is 126 Å². The Morgan fingerprint density at radius 2 is 1.95 bits per heavy atom. The average Bonchev–Trinajstić information content (AvgIpc) is 2.41. The van der Waals surface area contributed by atoms with Crippen molar-refractivity contribution >= 4 is 40.7 Å². The van der Waals surface area contributed by atoms with E-state index < -0.39 is 0 Å². The van der Waals surface area contributed by atoms with Crippen LogP contribution in [0.1, 0.15) is 5.56 Å². The van der Waals surface area contributed by atoms with Crippen LogP contribution >= 0.6 is 35.0 Å². The summed E-state index contributed by atoms with van der Waals surface area (Å²) >= 11 is 13.5. The van der Waals surface area contributed by atoms with E-state index in [4.69, 9.17) is 23.2 Å². The summed E-state index contributed by atoms with van der Waals surface area (Å²) < 4.78 is 0. The first-order valence-corrected chi connectivity index (χ1v) is 7.63. The highest BCUT2D eigenvalue weighted by molar-refractivity contribution is 7.98. The molecule has 2 nitrogen and oxygen atoms in total. The molecule has 0 saturated carbocycles. The normalized spacial score (nSPS) is 10.5. The van der Waals surface area contributed by atoms with Crippen molar-refractivity contribution in [1.29, 1.82) is 0 Å². The number of anilines is 1. The van der Waals surface area contributed by atoms with Crippen molar-refractivity contribution in [3.63, 3.8) is 0 Å². The topological polar surface area (TPSA) is 32.3 Å². The van der Waals surface area contributed by atoms with Crippen molar-refractivity contribution in [2.45, 2.75) is 11.4 Å². The number of phenolic OH excluding ortho intramolecular Hbond substituents is 1. The maximum atomic E-state index is 9.89. The molecule has 0 saturated heterocycles. The molecule has 5 heteroatoms. The van der Waals surface area contributed by atoms with E-state index in [9.17, 15) is 5.11 Å². The Hall–Kier alpha value is -1.03. The second-order valence-corrected chi connectivity index (χ2v) is 5.64. The molecule has 0 aliphatic rings. The van der Waals surface area contributed by atoms with Crippen LogP contribution in [0.2, 0.25) is 10.0 Å². The summed E-state index contributed by atoms with van der Waals surface area (Å²) in [7, 11) is 0. The second-order valence-electron chi connectivity index (χ2n) is 3.95.